The Kier molecular flexibility index (Phi) is 5.83. The third-order valence-electron chi connectivity index (χ3n) is 5.26. The van der Waals surface area contributed by atoms with E-state index in [-0.39, 0.29) is 11.3 Å². The second kappa shape index (κ2) is 9.09. The molecule has 0 atom stereocenters. The summed E-state index contributed by atoms with van der Waals surface area (Å²) in [6.07, 6.45) is 1.78. The van der Waals surface area contributed by atoms with Crippen LogP contribution in [0.3, 0.4) is 0 Å². The van der Waals surface area contributed by atoms with Crippen molar-refractivity contribution in [1.82, 2.24) is 15.0 Å². The number of amides is 1. The summed E-state index contributed by atoms with van der Waals surface area (Å²) in [6, 6.07) is 21.9. The fraction of sp³-hybridized carbons (Fsp3) is 0.0400. The highest BCUT2D eigenvalue weighted by atomic mass is 35.5. The van der Waals surface area contributed by atoms with E-state index in [1.165, 1.54) is 17.4 Å². The Balaban J connectivity index is 1.45. The van der Waals surface area contributed by atoms with Gasteiger partial charge in [0.05, 0.1) is 29.0 Å². The molecule has 34 heavy (non-hydrogen) atoms. The first-order chi connectivity index (χ1) is 16.5. The zero-order valence-electron chi connectivity index (χ0n) is 17.6. The average molecular weight is 489 g/mol. The summed E-state index contributed by atoms with van der Waals surface area (Å²) in [6.45, 7) is 0.551. The number of carboxylic acids is 1. The summed E-state index contributed by atoms with van der Waals surface area (Å²) in [4.78, 5) is 25.1. The van der Waals surface area contributed by atoms with E-state index in [4.69, 9.17) is 11.6 Å². The van der Waals surface area contributed by atoms with Gasteiger partial charge in [-0.3, -0.25) is 4.79 Å². The van der Waals surface area contributed by atoms with Crippen LogP contribution in [0.25, 0.3) is 21.3 Å². The second-order valence-electron chi connectivity index (χ2n) is 7.55. The smallest absolute Gasteiger partial charge is 0.337 e. The molecule has 5 aromatic rings. The minimum atomic E-state index is -1.16. The van der Waals surface area contributed by atoms with E-state index in [9.17, 15) is 14.7 Å². The maximum Gasteiger partial charge on any atom is 0.337 e. The number of anilines is 1. The molecule has 7 nitrogen and oxygen atoms in total. The lowest BCUT2D eigenvalue weighted by Gasteiger charge is -2.09. The Bertz CT molecular complexity index is 1530. The average Bonchev–Trinajstić information content (AvgIpc) is 3.44. The van der Waals surface area contributed by atoms with Crippen molar-refractivity contribution < 1.29 is 14.7 Å². The summed E-state index contributed by atoms with van der Waals surface area (Å²) in [5, 5.41) is 21.9. The first kappa shape index (κ1) is 21.8. The highest BCUT2D eigenvalue weighted by Crippen LogP contribution is 2.36. The first-order valence-electron chi connectivity index (χ1n) is 10.3. The topological polar surface area (TPSA) is 97.1 Å². The van der Waals surface area contributed by atoms with Crippen molar-refractivity contribution in [3.05, 3.63) is 100 Å². The number of nitrogens with zero attached hydrogens (tertiary/aromatic N) is 3. The number of benzene rings is 3. The molecule has 0 spiro atoms. The number of aromatic nitrogens is 3. The largest absolute Gasteiger partial charge is 0.478 e. The zero-order valence-corrected chi connectivity index (χ0v) is 19.2. The van der Waals surface area contributed by atoms with Crippen molar-refractivity contribution in [3.8, 4) is 11.3 Å². The predicted octanol–water partition coefficient (Wildman–Crippen LogP) is 5.81. The molecule has 9 heteroatoms. The van der Waals surface area contributed by atoms with Crippen LogP contribution in [0.2, 0.25) is 5.02 Å². The Hall–Kier alpha value is -4.01. The number of rotatable bonds is 6. The van der Waals surface area contributed by atoms with Crippen molar-refractivity contribution in [2.75, 3.05) is 5.32 Å². The van der Waals surface area contributed by atoms with Crippen molar-refractivity contribution in [1.29, 1.82) is 0 Å². The molecule has 0 radical (unpaired) electrons. The van der Waals surface area contributed by atoms with Crippen LogP contribution < -0.4 is 5.32 Å². The first-order valence-corrected chi connectivity index (χ1v) is 11.5. The van der Waals surface area contributed by atoms with Crippen LogP contribution in [-0.4, -0.2) is 32.0 Å². The van der Waals surface area contributed by atoms with Gasteiger partial charge in [0.1, 0.15) is 10.6 Å². The van der Waals surface area contributed by atoms with Crippen molar-refractivity contribution in [2.24, 2.45) is 0 Å². The van der Waals surface area contributed by atoms with Crippen molar-refractivity contribution in [2.45, 2.75) is 6.54 Å². The fourth-order valence-electron chi connectivity index (χ4n) is 3.61. The molecule has 2 aromatic heterocycles. The van der Waals surface area contributed by atoms with Gasteiger partial charge >= 0.3 is 5.97 Å². The molecule has 0 saturated heterocycles. The Morgan fingerprint density at radius 1 is 1.03 bits per heavy atom. The van der Waals surface area contributed by atoms with Gasteiger partial charge in [-0.25, -0.2) is 9.48 Å². The van der Waals surface area contributed by atoms with Crippen LogP contribution >= 0.6 is 22.9 Å². The van der Waals surface area contributed by atoms with Crippen molar-refractivity contribution >= 4 is 50.6 Å². The van der Waals surface area contributed by atoms with Gasteiger partial charge in [-0.05, 0) is 23.8 Å². The Labute approximate surface area is 203 Å². The molecule has 3 aromatic carbocycles. The monoisotopic (exact) mass is 488 g/mol. The van der Waals surface area contributed by atoms with E-state index in [1.807, 2.05) is 54.6 Å². The molecule has 0 aliphatic rings. The van der Waals surface area contributed by atoms with Gasteiger partial charge in [-0.1, -0.05) is 71.4 Å². The summed E-state index contributed by atoms with van der Waals surface area (Å²) < 4.78 is 2.57. The number of halogens is 1. The van der Waals surface area contributed by atoms with Crippen LogP contribution in [-0.2, 0) is 6.54 Å². The third kappa shape index (κ3) is 4.28. The minimum Gasteiger partial charge on any atom is -0.478 e. The van der Waals surface area contributed by atoms with E-state index in [0.29, 0.717) is 27.7 Å². The number of hydrogen-bond acceptors (Lipinski definition) is 5. The predicted molar refractivity (Wildman–Crippen MR) is 133 cm³/mol. The van der Waals surface area contributed by atoms with E-state index in [2.05, 4.69) is 15.6 Å². The second-order valence-corrected chi connectivity index (χ2v) is 8.98. The fourth-order valence-corrected chi connectivity index (χ4v) is 5.02. The Morgan fingerprint density at radius 3 is 2.56 bits per heavy atom. The summed E-state index contributed by atoms with van der Waals surface area (Å²) in [7, 11) is 0. The number of carboxylic acid groups (broad SMARTS) is 1. The highest BCUT2D eigenvalue weighted by Gasteiger charge is 2.20. The lowest BCUT2D eigenvalue weighted by atomic mass is 10.1. The number of aromatic carboxylic acids is 1. The normalized spacial score (nSPS) is 11.0. The molecule has 1 amide bonds. The van der Waals surface area contributed by atoms with E-state index in [0.717, 1.165) is 15.6 Å². The van der Waals surface area contributed by atoms with Gasteiger partial charge in [-0.2, -0.15) is 0 Å². The van der Waals surface area contributed by atoms with Crippen LogP contribution in [0.4, 0.5) is 5.69 Å². The number of carbonyl (C=O) groups excluding carboxylic acids is 1. The number of thiophene rings is 1. The van der Waals surface area contributed by atoms with Gasteiger partial charge in [-0.15, -0.1) is 16.4 Å². The molecule has 0 unspecified atom stereocenters. The molecule has 0 saturated carbocycles. The van der Waals surface area contributed by atoms with Crippen LogP contribution in [0.15, 0.2) is 79.0 Å². The maximum atomic E-state index is 13.0. The lowest BCUT2D eigenvalue weighted by molar-refractivity contribution is 0.0698. The number of fused-ring (bicyclic) bond motifs is 1. The molecular weight excluding hydrogens is 472 g/mol. The number of carbonyl (C=O) groups is 2. The summed E-state index contributed by atoms with van der Waals surface area (Å²) >= 11 is 7.68. The van der Waals surface area contributed by atoms with Gasteiger partial charge in [0.15, 0.2) is 0 Å². The molecular formula is C25H17ClN4O3S. The summed E-state index contributed by atoms with van der Waals surface area (Å²) in [5.74, 6) is -1.63. The lowest BCUT2D eigenvalue weighted by Crippen LogP contribution is -2.14. The molecule has 5 rings (SSSR count). The van der Waals surface area contributed by atoms with E-state index in [1.54, 1.807) is 23.0 Å². The van der Waals surface area contributed by atoms with Gasteiger partial charge in [0.2, 0.25) is 0 Å². The number of hydrogen-bond donors (Lipinski definition) is 2. The van der Waals surface area contributed by atoms with Crippen LogP contribution in [0.1, 0.15) is 25.6 Å². The van der Waals surface area contributed by atoms with E-state index >= 15 is 0 Å². The molecule has 0 aliphatic carbocycles. The van der Waals surface area contributed by atoms with Crippen molar-refractivity contribution in [3.63, 3.8) is 0 Å². The molecule has 0 aliphatic heterocycles. The Morgan fingerprint density at radius 2 is 1.79 bits per heavy atom. The maximum absolute atomic E-state index is 13.0. The highest BCUT2D eigenvalue weighted by molar-refractivity contribution is 7.21. The van der Waals surface area contributed by atoms with E-state index < -0.39 is 11.9 Å². The SMILES string of the molecule is O=C(O)c1ccc(-c2cn(Cc3ccccc3)nn2)cc1NC(=O)c1sc2ccccc2c1Cl. The van der Waals surface area contributed by atoms with Crippen LogP contribution in [0.5, 0.6) is 0 Å². The minimum absolute atomic E-state index is 0.0361. The third-order valence-corrected chi connectivity index (χ3v) is 6.94. The van der Waals surface area contributed by atoms with Gasteiger partial charge in [0, 0.05) is 15.6 Å². The molecule has 2 heterocycles. The van der Waals surface area contributed by atoms with Crippen LogP contribution in [0, 0.1) is 0 Å². The molecule has 0 bridgehead atoms. The zero-order chi connectivity index (χ0) is 23.7. The number of nitrogens with one attached hydrogen (secondary N) is 1. The molecule has 0 fully saturated rings. The van der Waals surface area contributed by atoms with Gasteiger partial charge < -0.3 is 10.4 Å². The standard InChI is InChI=1S/C25H17ClN4O3S/c26-22-18-8-4-5-9-21(18)34-23(22)24(31)27-19-12-16(10-11-17(19)25(32)33)20-14-30(29-28-20)13-15-6-2-1-3-7-15/h1-12,14H,13H2,(H,27,31)(H,32,33). The van der Waals surface area contributed by atoms with Gasteiger partial charge in [0.25, 0.3) is 5.91 Å². The summed E-state index contributed by atoms with van der Waals surface area (Å²) in [5.41, 5.74) is 2.38. The quantitative estimate of drug-likeness (QED) is 0.314. The molecule has 168 valence electrons. The molecule has 2 N–H and O–H groups in total.